The van der Waals surface area contributed by atoms with Gasteiger partial charge < -0.3 is 15.8 Å². The molecule has 3 N–H and O–H groups in total. The molecule has 0 aliphatic heterocycles. The normalized spacial score (nSPS) is 14.5. The Balaban J connectivity index is 3.78. The van der Waals surface area contributed by atoms with Crippen molar-refractivity contribution >= 4 is 11.9 Å². The zero-order valence-corrected chi connectivity index (χ0v) is 8.87. The largest absolute Gasteiger partial charge is 0.465 e. The van der Waals surface area contributed by atoms with Gasteiger partial charge in [-0.15, -0.1) is 0 Å². The first-order valence-corrected chi connectivity index (χ1v) is 4.68. The average molecular weight is 202 g/mol. The second kappa shape index (κ2) is 6.37. The Morgan fingerprint density at radius 3 is 2.43 bits per heavy atom. The summed E-state index contributed by atoms with van der Waals surface area (Å²) < 4.78 is 4.78. The minimum atomic E-state index is -0.406. The van der Waals surface area contributed by atoms with Crippen molar-refractivity contribution in [2.45, 2.75) is 26.8 Å². The highest BCUT2D eigenvalue weighted by atomic mass is 16.5. The van der Waals surface area contributed by atoms with Crippen LogP contribution >= 0.6 is 0 Å². The summed E-state index contributed by atoms with van der Waals surface area (Å²) in [5.41, 5.74) is 5.06. The topological polar surface area (TPSA) is 81.4 Å². The number of hydrogen-bond acceptors (Lipinski definition) is 4. The van der Waals surface area contributed by atoms with Crippen LogP contribution in [0, 0.1) is 5.92 Å². The van der Waals surface area contributed by atoms with Crippen molar-refractivity contribution in [2.75, 3.05) is 13.2 Å². The van der Waals surface area contributed by atoms with E-state index in [4.69, 9.17) is 10.5 Å². The van der Waals surface area contributed by atoms with Gasteiger partial charge in [0.25, 0.3) is 0 Å². The molecule has 0 aromatic carbocycles. The van der Waals surface area contributed by atoms with Crippen LogP contribution < -0.4 is 11.1 Å². The molecule has 0 aliphatic rings. The minimum absolute atomic E-state index is 0.285. The van der Waals surface area contributed by atoms with Gasteiger partial charge in [-0.3, -0.25) is 9.59 Å². The zero-order valence-electron chi connectivity index (χ0n) is 8.87. The summed E-state index contributed by atoms with van der Waals surface area (Å²) in [5.74, 6) is -0.982. The van der Waals surface area contributed by atoms with Crippen LogP contribution in [-0.4, -0.2) is 31.1 Å². The Morgan fingerprint density at radius 1 is 1.43 bits per heavy atom. The van der Waals surface area contributed by atoms with Crippen LogP contribution in [-0.2, 0) is 14.3 Å². The van der Waals surface area contributed by atoms with E-state index in [9.17, 15) is 9.59 Å². The van der Waals surface area contributed by atoms with Gasteiger partial charge in [-0.05, 0) is 13.8 Å². The van der Waals surface area contributed by atoms with Gasteiger partial charge in [0.05, 0.1) is 6.61 Å². The summed E-state index contributed by atoms with van der Waals surface area (Å²) in [6.45, 7) is 5.88. The lowest BCUT2D eigenvalue weighted by Crippen LogP contribution is -2.40. The van der Waals surface area contributed by atoms with Crippen LogP contribution in [0.2, 0.25) is 0 Å². The third-order valence-corrected chi connectivity index (χ3v) is 1.86. The number of primary amides is 1. The van der Waals surface area contributed by atoms with Gasteiger partial charge >= 0.3 is 5.97 Å². The highest BCUT2D eigenvalue weighted by molar-refractivity contribution is 5.77. The second-order valence-electron chi connectivity index (χ2n) is 3.19. The highest BCUT2D eigenvalue weighted by Gasteiger charge is 2.15. The molecule has 0 aliphatic carbocycles. The van der Waals surface area contributed by atoms with Gasteiger partial charge in [0.15, 0.2) is 0 Å². The molecular formula is C9H18N2O3. The van der Waals surface area contributed by atoms with Gasteiger partial charge in [0.2, 0.25) is 5.91 Å². The third kappa shape index (κ3) is 4.81. The van der Waals surface area contributed by atoms with Crippen LogP contribution in [0.1, 0.15) is 20.8 Å². The van der Waals surface area contributed by atoms with Crippen LogP contribution in [0.4, 0.5) is 0 Å². The van der Waals surface area contributed by atoms with Crippen LogP contribution in [0.5, 0.6) is 0 Å². The molecule has 2 unspecified atom stereocenters. The van der Waals surface area contributed by atoms with Crippen molar-refractivity contribution in [3.8, 4) is 0 Å². The molecule has 14 heavy (non-hydrogen) atoms. The number of ether oxygens (including phenoxy) is 1. The summed E-state index contributed by atoms with van der Waals surface area (Å²) in [7, 11) is 0. The molecule has 0 saturated heterocycles. The van der Waals surface area contributed by atoms with E-state index < -0.39 is 6.04 Å². The lowest BCUT2D eigenvalue weighted by molar-refractivity contribution is -0.145. The lowest BCUT2D eigenvalue weighted by atomic mass is 10.1. The number of rotatable bonds is 6. The maximum absolute atomic E-state index is 11.1. The van der Waals surface area contributed by atoms with E-state index >= 15 is 0 Å². The van der Waals surface area contributed by atoms with E-state index in [0.717, 1.165) is 0 Å². The lowest BCUT2D eigenvalue weighted by Gasteiger charge is -2.14. The Labute approximate surface area is 84.0 Å². The van der Waals surface area contributed by atoms with Crippen molar-refractivity contribution in [3.05, 3.63) is 0 Å². The van der Waals surface area contributed by atoms with E-state index in [2.05, 4.69) is 5.32 Å². The van der Waals surface area contributed by atoms with Crippen molar-refractivity contribution in [1.29, 1.82) is 0 Å². The third-order valence-electron chi connectivity index (χ3n) is 1.86. The standard InChI is InChI=1S/C9H18N2O3/c1-4-14-9(13)7(3)11-5-6(2)8(10)12/h6-7,11H,4-5H2,1-3H3,(H2,10,12). The van der Waals surface area contributed by atoms with Crippen molar-refractivity contribution in [1.82, 2.24) is 5.32 Å². The Hall–Kier alpha value is -1.10. The van der Waals surface area contributed by atoms with Crippen molar-refractivity contribution in [3.63, 3.8) is 0 Å². The molecule has 0 aromatic heterocycles. The Bertz CT molecular complexity index is 206. The molecule has 0 spiro atoms. The maximum Gasteiger partial charge on any atom is 0.322 e. The molecule has 0 bridgehead atoms. The summed E-state index contributed by atoms with van der Waals surface area (Å²) >= 11 is 0. The molecule has 0 radical (unpaired) electrons. The smallest absolute Gasteiger partial charge is 0.322 e. The zero-order chi connectivity index (χ0) is 11.1. The predicted octanol–water partition coefficient (Wildman–Crippen LogP) is -0.351. The van der Waals surface area contributed by atoms with Gasteiger partial charge in [0.1, 0.15) is 6.04 Å². The molecule has 1 amide bonds. The van der Waals surface area contributed by atoms with E-state index in [1.807, 2.05) is 0 Å². The molecule has 5 heteroatoms. The first kappa shape index (κ1) is 12.9. The quantitative estimate of drug-likeness (QED) is 0.577. The van der Waals surface area contributed by atoms with Gasteiger partial charge in [-0.25, -0.2) is 0 Å². The Kier molecular flexibility index (Phi) is 5.87. The van der Waals surface area contributed by atoms with Crippen LogP contribution in [0.15, 0.2) is 0 Å². The summed E-state index contributed by atoms with van der Waals surface area (Å²) in [6.07, 6.45) is 0. The maximum atomic E-state index is 11.1. The van der Waals surface area contributed by atoms with Gasteiger partial charge in [0, 0.05) is 12.5 Å². The molecule has 2 atom stereocenters. The average Bonchev–Trinajstić information content (AvgIpc) is 2.13. The van der Waals surface area contributed by atoms with E-state index in [1.165, 1.54) is 0 Å². The summed E-state index contributed by atoms with van der Waals surface area (Å²) in [5, 5.41) is 2.87. The number of hydrogen-bond donors (Lipinski definition) is 2. The number of esters is 1. The molecule has 0 rings (SSSR count). The monoisotopic (exact) mass is 202 g/mol. The van der Waals surface area contributed by atoms with Crippen LogP contribution in [0.25, 0.3) is 0 Å². The fraction of sp³-hybridized carbons (Fsp3) is 0.778. The number of carbonyl (C=O) groups is 2. The molecule has 5 nitrogen and oxygen atoms in total. The fourth-order valence-electron chi connectivity index (χ4n) is 0.805. The predicted molar refractivity (Wildman–Crippen MR) is 52.5 cm³/mol. The highest BCUT2D eigenvalue weighted by Crippen LogP contribution is 1.93. The van der Waals surface area contributed by atoms with E-state index in [0.29, 0.717) is 13.2 Å². The Morgan fingerprint density at radius 2 is 2.00 bits per heavy atom. The fourth-order valence-corrected chi connectivity index (χ4v) is 0.805. The number of amides is 1. The van der Waals surface area contributed by atoms with Gasteiger partial charge in [-0.1, -0.05) is 6.92 Å². The first-order chi connectivity index (χ1) is 6.49. The molecule has 0 aromatic rings. The number of nitrogens with one attached hydrogen (secondary N) is 1. The molecule has 0 saturated carbocycles. The van der Waals surface area contributed by atoms with Gasteiger partial charge in [-0.2, -0.15) is 0 Å². The summed E-state index contributed by atoms with van der Waals surface area (Å²) in [6, 6.07) is -0.406. The second-order valence-corrected chi connectivity index (χ2v) is 3.19. The molecule has 0 heterocycles. The molecular weight excluding hydrogens is 184 g/mol. The van der Waals surface area contributed by atoms with Crippen molar-refractivity contribution in [2.24, 2.45) is 11.7 Å². The summed E-state index contributed by atoms with van der Waals surface area (Å²) in [4.78, 5) is 21.8. The van der Waals surface area contributed by atoms with E-state index in [-0.39, 0.29) is 17.8 Å². The first-order valence-electron chi connectivity index (χ1n) is 4.68. The molecule has 0 fully saturated rings. The number of nitrogens with two attached hydrogens (primary N) is 1. The van der Waals surface area contributed by atoms with E-state index in [1.54, 1.807) is 20.8 Å². The number of carbonyl (C=O) groups excluding carboxylic acids is 2. The van der Waals surface area contributed by atoms with Crippen LogP contribution in [0.3, 0.4) is 0 Å². The molecule has 82 valence electrons. The minimum Gasteiger partial charge on any atom is -0.465 e. The SMILES string of the molecule is CCOC(=O)C(C)NCC(C)C(N)=O. The van der Waals surface area contributed by atoms with Crippen molar-refractivity contribution < 1.29 is 14.3 Å².